The van der Waals surface area contributed by atoms with E-state index in [1.165, 1.54) is 0 Å². The van der Waals surface area contributed by atoms with Crippen LogP contribution in [0.15, 0.2) is 146 Å². The molecule has 0 amide bonds. The van der Waals surface area contributed by atoms with Crippen LogP contribution in [0.3, 0.4) is 0 Å². The topological polar surface area (TPSA) is 155 Å². The molecule has 0 radical (unpaired) electrons. The molecule has 0 heterocycles. The van der Waals surface area contributed by atoms with Crippen molar-refractivity contribution in [2.24, 2.45) is 0 Å². The predicted molar refractivity (Wildman–Crippen MR) is 306 cm³/mol. The van der Waals surface area contributed by atoms with Gasteiger partial charge < -0.3 is 24.2 Å². The Morgan fingerprint density at radius 1 is 0.392 bits per heavy atom. The van der Waals surface area contributed by atoms with Gasteiger partial charge in [0, 0.05) is 12.8 Å². The maximum absolute atomic E-state index is 12.9. The second-order valence-corrected chi connectivity index (χ2v) is 19.1. The second-order valence-electron chi connectivity index (χ2n) is 17.6. The number of hydrogen-bond acceptors (Lipinski definition) is 10. The summed E-state index contributed by atoms with van der Waals surface area (Å²) < 4.78 is 39.3. The average molecular weight is 1050 g/mol. The molecule has 74 heavy (non-hydrogen) atoms. The Hall–Kier alpha value is -4.64. The van der Waals surface area contributed by atoms with Gasteiger partial charge in [-0.3, -0.25) is 23.4 Å². The first-order valence-corrected chi connectivity index (χ1v) is 29.2. The number of esters is 3. The summed E-state index contributed by atoms with van der Waals surface area (Å²) in [6, 6.07) is 0. The van der Waals surface area contributed by atoms with Crippen molar-refractivity contribution in [3.05, 3.63) is 146 Å². The molecule has 0 saturated heterocycles. The molecule has 11 nitrogen and oxygen atoms in total. The quantitative estimate of drug-likeness (QED) is 0.0197. The summed E-state index contributed by atoms with van der Waals surface area (Å²) in [7, 11) is -4.79. The summed E-state index contributed by atoms with van der Waals surface area (Å²) >= 11 is 0. The van der Waals surface area contributed by atoms with E-state index in [1.807, 2.05) is 18.2 Å². The number of carbonyl (C=O) groups excluding carboxylic acids is 3. The third-order valence-corrected chi connectivity index (χ3v) is 11.7. The van der Waals surface area contributed by atoms with Gasteiger partial charge in [-0.1, -0.05) is 199 Å². The highest BCUT2D eigenvalue weighted by Crippen LogP contribution is 2.43. The Morgan fingerprint density at radius 2 is 0.716 bits per heavy atom. The molecule has 0 aromatic carbocycles. The van der Waals surface area contributed by atoms with Crippen molar-refractivity contribution in [3.8, 4) is 0 Å². The molecule has 0 aliphatic heterocycles. The summed E-state index contributed by atoms with van der Waals surface area (Å²) in [5, 5.41) is 9.79. The van der Waals surface area contributed by atoms with Crippen LogP contribution in [-0.2, 0) is 42.2 Å². The number of hydrogen-bond donors (Lipinski definition) is 2. The summed E-state index contributed by atoms with van der Waals surface area (Å²) in [5.41, 5.74) is 0. The fourth-order valence-corrected chi connectivity index (χ4v) is 7.45. The van der Waals surface area contributed by atoms with Gasteiger partial charge in [-0.05, 0) is 116 Å². The number of aliphatic hydroxyl groups excluding tert-OH is 1. The molecular formula is C62H97O11P. The van der Waals surface area contributed by atoms with Gasteiger partial charge in [0.2, 0.25) is 0 Å². The number of phosphoric ester groups is 1. The van der Waals surface area contributed by atoms with E-state index in [0.29, 0.717) is 19.3 Å². The van der Waals surface area contributed by atoms with Crippen LogP contribution in [0, 0.1) is 0 Å². The molecule has 3 unspecified atom stereocenters. The summed E-state index contributed by atoms with van der Waals surface area (Å²) in [4.78, 5) is 48.4. The molecule has 0 fully saturated rings. The van der Waals surface area contributed by atoms with Crippen molar-refractivity contribution >= 4 is 25.7 Å². The van der Waals surface area contributed by atoms with Crippen LogP contribution in [0.25, 0.3) is 0 Å². The molecule has 2 N–H and O–H groups in total. The lowest BCUT2D eigenvalue weighted by Gasteiger charge is -2.21. The number of rotatable bonds is 49. The first-order chi connectivity index (χ1) is 36.2. The van der Waals surface area contributed by atoms with Gasteiger partial charge >= 0.3 is 25.7 Å². The van der Waals surface area contributed by atoms with Gasteiger partial charge in [0.05, 0.1) is 26.2 Å². The van der Waals surface area contributed by atoms with Crippen LogP contribution in [0.5, 0.6) is 0 Å². The maximum Gasteiger partial charge on any atom is 0.472 e. The first kappa shape index (κ1) is 69.4. The molecule has 0 aliphatic carbocycles. The van der Waals surface area contributed by atoms with Crippen LogP contribution < -0.4 is 0 Å². The van der Waals surface area contributed by atoms with Crippen molar-refractivity contribution < 1.29 is 52.2 Å². The molecule has 416 valence electrons. The van der Waals surface area contributed by atoms with Crippen molar-refractivity contribution in [1.29, 1.82) is 0 Å². The Kier molecular flexibility index (Phi) is 51.2. The number of carbonyl (C=O) groups is 3. The summed E-state index contributed by atoms with van der Waals surface area (Å²) in [5.74, 6) is -1.69. The van der Waals surface area contributed by atoms with E-state index in [9.17, 15) is 28.9 Å². The van der Waals surface area contributed by atoms with Gasteiger partial charge in [0.1, 0.15) is 12.7 Å². The third kappa shape index (κ3) is 52.2. The lowest BCUT2D eigenvalue weighted by atomic mass is 10.1. The Morgan fingerprint density at radius 3 is 1.14 bits per heavy atom. The van der Waals surface area contributed by atoms with Crippen molar-refractivity contribution in [2.75, 3.05) is 26.4 Å². The van der Waals surface area contributed by atoms with Crippen LogP contribution in [0.2, 0.25) is 0 Å². The molecule has 3 atom stereocenters. The lowest BCUT2D eigenvalue weighted by Crippen LogP contribution is -2.30. The fraction of sp³-hybridized carbons (Fsp3) is 0.565. The Bertz CT molecular complexity index is 1800. The zero-order valence-corrected chi connectivity index (χ0v) is 46.6. The van der Waals surface area contributed by atoms with Crippen LogP contribution in [0.1, 0.15) is 188 Å². The SMILES string of the molecule is CC/C=C\C/C=C\C/C=C\C/C=C\C/C=C\CC(=O)OC(COC(=O)CCCCCCCC/C=C\C/C=C\C/C=C\C/C=C\CC)COP(=O)(O)OCC(CO)OC(=O)CCCCC/C=C\C/C=C\C/C=C\CC. The number of allylic oxidation sites excluding steroid dienone is 23. The third-order valence-electron chi connectivity index (χ3n) is 10.8. The minimum atomic E-state index is -4.79. The summed E-state index contributed by atoms with van der Waals surface area (Å²) in [6.45, 7) is 4.10. The van der Waals surface area contributed by atoms with Gasteiger partial charge in [-0.15, -0.1) is 0 Å². The summed E-state index contributed by atoms with van der Waals surface area (Å²) in [6.07, 6.45) is 69.9. The smallest absolute Gasteiger partial charge is 0.462 e. The molecule has 0 bridgehead atoms. The normalized spacial score (nSPS) is 14.5. The van der Waals surface area contributed by atoms with Crippen LogP contribution in [-0.4, -0.2) is 66.5 Å². The van der Waals surface area contributed by atoms with Crippen molar-refractivity contribution in [1.82, 2.24) is 0 Å². The standard InChI is InChI=1S/C62H97O11P/c1-4-7-10-13-16-19-22-25-27-28-29-30-32-34-36-39-42-45-48-51-60(64)69-55-59(73-62(66)53-50-47-44-41-38-35-31-26-23-20-17-14-11-8-5-2)57-71-74(67,68)70-56-58(54-63)72-61(65)52-49-46-43-40-37-33-24-21-18-15-12-9-6-3/h7-12,16-21,25-27,29-31,33,37-38,41,47,50,58-59,63H,4-6,13-15,22-24,28,32,34-36,39-40,42-46,48-49,51-57H2,1-3H3,(H,67,68)/b10-7-,11-8-,12-9-,19-16-,20-17-,21-18-,27-25-,30-29-,31-26-,37-33-,41-38-,50-47-. The van der Waals surface area contributed by atoms with E-state index < -0.39 is 64.4 Å². The van der Waals surface area contributed by atoms with Gasteiger partial charge in [0.25, 0.3) is 0 Å². The van der Waals surface area contributed by atoms with Crippen molar-refractivity contribution in [2.45, 2.75) is 200 Å². The van der Waals surface area contributed by atoms with Crippen molar-refractivity contribution in [3.63, 3.8) is 0 Å². The van der Waals surface area contributed by atoms with Crippen LogP contribution in [0.4, 0.5) is 0 Å². The second kappa shape index (κ2) is 54.6. The minimum Gasteiger partial charge on any atom is -0.462 e. The van der Waals surface area contributed by atoms with E-state index >= 15 is 0 Å². The van der Waals surface area contributed by atoms with Gasteiger partial charge in [-0.25, -0.2) is 4.57 Å². The molecule has 0 spiro atoms. The molecular weight excluding hydrogens is 952 g/mol. The average Bonchev–Trinajstić information content (AvgIpc) is 3.39. The van der Waals surface area contributed by atoms with E-state index in [4.69, 9.17) is 23.3 Å². The van der Waals surface area contributed by atoms with E-state index in [1.54, 1.807) is 6.08 Å². The molecule has 0 aromatic rings. The number of unbranched alkanes of at least 4 members (excludes halogenated alkanes) is 9. The zero-order valence-electron chi connectivity index (χ0n) is 45.7. The first-order valence-electron chi connectivity index (χ1n) is 27.7. The molecule has 0 rings (SSSR count). The van der Waals surface area contributed by atoms with E-state index in [2.05, 4.69) is 142 Å². The molecule has 12 heteroatoms. The maximum atomic E-state index is 12.9. The molecule has 0 aromatic heterocycles. The number of ether oxygens (including phenoxy) is 3. The Labute approximate surface area is 448 Å². The molecule has 0 saturated carbocycles. The predicted octanol–water partition coefficient (Wildman–Crippen LogP) is 16.4. The Balaban J connectivity index is 4.90. The fourth-order valence-electron chi connectivity index (χ4n) is 6.67. The van der Waals surface area contributed by atoms with Gasteiger partial charge in [0.15, 0.2) is 6.10 Å². The highest BCUT2D eigenvalue weighted by Gasteiger charge is 2.28. The highest BCUT2D eigenvalue weighted by molar-refractivity contribution is 7.47. The van der Waals surface area contributed by atoms with Gasteiger partial charge in [-0.2, -0.15) is 0 Å². The van der Waals surface area contributed by atoms with E-state index in [-0.39, 0.29) is 19.3 Å². The van der Waals surface area contributed by atoms with Crippen LogP contribution >= 0.6 is 7.82 Å². The molecule has 0 aliphatic rings. The number of phosphoric acid groups is 1. The largest absolute Gasteiger partial charge is 0.472 e. The monoisotopic (exact) mass is 1050 g/mol. The minimum absolute atomic E-state index is 0.0786. The highest BCUT2D eigenvalue weighted by atomic mass is 31.2. The zero-order chi connectivity index (χ0) is 54.1. The lowest BCUT2D eigenvalue weighted by molar-refractivity contribution is -0.160. The number of aliphatic hydroxyl groups is 1. The van der Waals surface area contributed by atoms with E-state index in [0.717, 1.165) is 128 Å².